The number of imidazole rings is 1. The molecule has 0 aliphatic carbocycles. The quantitative estimate of drug-likeness (QED) is 0.172. The lowest BCUT2D eigenvalue weighted by molar-refractivity contribution is 0.402. The molecule has 5 nitrogen and oxygen atoms in total. The van der Waals surface area contributed by atoms with Crippen molar-refractivity contribution < 1.29 is 4.39 Å². The standard InChI is InChI=1S/C48H34FN5/c1-48(2)38-23-20-31(45(49)30-19-21-33-34-14-6-8-16-39(34)52-27-26-51-47(52)37(33)28-30)29-42(38)54(43-18-10-11-25-50-43)41-24-22-36-35-15-7-9-17-40(35)53(46(36)44(41)48)32-12-4-3-5-13-32/h3-29,45H,1-2H3. The molecule has 4 aromatic heterocycles. The maximum Gasteiger partial charge on any atom is 0.150 e. The van der Waals surface area contributed by atoms with Crippen molar-refractivity contribution in [3.05, 3.63) is 186 Å². The number of anilines is 3. The van der Waals surface area contributed by atoms with Gasteiger partial charge in [0.25, 0.3) is 0 Å². The van der Waals surface area contributed by atoms with E-state index in [-0.39, 0.29) is 0 Å². The van der Waals surface area contributed by atoms with Crippen LogP contribution in [0.1, 0.15) is 42.3 Å². The molecule has 11 rings (SSSR count). The van der Waals surface area contributed by atoms with Crippen LogP contribution in [0.25, 0.3) is 54.8 Å². The van der Waals surface area contributed by atoms with Gasteiger partial charge in [-0.25, -0.2) is 14.4 Å². The van der Waals surface area contributed by atoms with Gasteiger partial charge >= 0.3 is 0 Å². The Morgan fingerprint density at radius 1 is 0.574 bits per heavy atom. The number of nitrogens with zero attached hydrogens (tertiary/aromatic N) is 5. The van der Waals surface area contributed by atoms with Gasteiger partial charge in [-0.05, 0) is 76.7 Å². The van der Waals surface area contributed by atoms with Crippen LogP contribution in [0.5, 0.6) is 0 Å². The van der Waals surface area contributed by atoms with Gasteiger partial charge in [0.05, 0.1) is 27.9 Å². The normalized spacial score (nSPS) is 14.2. The minimum Gasteiger partial charge on any atom is -0.309 e. The summed E-state index contributed by atoms with van der Waals surface area (Å²) < 4.78 is 21.6. The maximum atomic E-state index is 17.1. The lowest BCUT2D eigenvalue weighted by Crippen LogP contribution is -2.32. The van der Waals surface area contributed by atoms with Crippen molar-refractivity contribution in [3.63, 3.8) is 0 Å². The number of pyridine rings is 2. The number of hydrogen-bond donors (Lipinski definition) is 0. The fourth-order valence-electron chi connectivity index (χ4n) is 9.05. The van der Waals surface area contributed by atoms with Crippen LogP contribution in [0, 0.1) is 0 Å². The highest BCUT2D eigenvalue weighted by Crippen LogP contribution is 2.55. The Morgan fingerprint density at radius 3 is 2.09 bits per heavy atom. The van der Waals surface area contributed by atoms with Gasteiger partial charge in [-0.1, -0.05) is 105 Å². The van der Waals surface area contributed by atoms with Gasteiger partial charge < -0.3 is 4.57 Å². The summed E-state index contributed by atoms with van der Waals surface area (Å²) in [7, 11) is 0. The van der Waals surface area contributed by atoms with Gasteiger partial charge in [-0.2, -0.15) is 0 Å². The van der Waals surface area contributed by atoms with E-state index in [9.17, 15) is 0 Å². The van der Waals surface area contributed by atoms with E-state index < -0.39 is 11.6 Å². The number of benzene rings is 6. The van der Waals surface area contributed by atoms with Gasteiger partial charge in [-0.3, -0.25) is 9.30 Å². The predicted octanol–water partition coefficient (Wildman–Crippen LogP) is 12.3. The summed E-state index contributed by atoms with van der Waals surface area (Å²) in [6.45, 7) is 4.59. The molecule has 54 heavy (non-hydrogen) atoms. The Hall–Kier alpha value is -6.79. The monoisotopic (exact) mass is 699 g/mol. The molecule has 0 saturated heterocycles. The van der Waals surface area contributed by atoms with E-state index in [4.69, 9.17) is 9.97 Å². The third-order valence-electron chi connectivity index (χ3n) is 11.5. The summed E-state index contributed by atoms with van der Waals surface area (Å²) >= 11 is 0. The molecule has 258 valence electrons. The third kappa shape index (κ3) is 4.25. The van der Waals surface area contributed by atoms with Crippen LogP contribution in [0.4, 0.5) is 21.6 Å². The Kier molecular flexibility index (Phi) is 6.48. The average Bonchev–Trinajstić information content (AvgIpc) is 3.85. The molecule has 1 aliphatic rings. The number of para-hydroxylation sites is 3. The van der Waals surface area contributed by atoms with E-state index in [0.29, 0.717) is 11.1 Å². The SMILES string of the molecule is CC1(C)c2ccc(C(F)c3ccc4c5ccccc5n5ccnc5c4c3)cc2N(c2ccccn2)c2ccc3c4ccccc4n(-c4ccccc4)c3c21. The first-order valence-corrected chi connectivity index (χ1v) is 18.4. The number of halogens is 1. The zero-order valence-corrected chi connectivity index (χ0v) is 29.8. The Labute approximate surface area is 311 Å². The van der Waals surface area contributed by atoms with Crippen LogP contribution < -0.4 is 4.90 Å². The van der Waals surface area contributed by atoms with Crippen molar-refractivity contribution in [1.29, 1.82) is 0 Å². The van der Waals surface area contributed by atoms with E-state index in [1.165, 1.54) is 16.3 Å². The lowest BCUT2D eigenvalue weighted by atomic mass is 9.72. The molecule has 0 saturated carbocycles. The molecule has 0 radical (unpaired) electrons. The van der Waals surface area contributed by atoms with Crippen LogP contribution in [-0.4, -0.2) is 18.9 Å². The second kappa shape index (κ2) is 11.4. The van der Waals surface area contributed by atoms with E-state index >= 15 is 4.39 Å². The zero-order valence-electron chi connectivity index (χ0n) is 29.8. The summed E-state index contributed by atoms with van der Waals surface area (Å²) in [5.74, 6) is 0.782. The molecule has 0 amide bonds. The van der Waals surface area contributed by atoms with E-state index in [1.54, 1.807) is 0 Å². The highest BCUT2D eigenvalue weighted by molar-refractivity contribution is 6.13. The second-order valence-corrected chi connectivity index (χ2v) is 14.8. The van der Waals surface area contributed by atoms with Gasteiger partial charge in [-0.15, -0.1) is 0 Å². The number of rotatable bonds is 4. The molecule has 6 aromatic carbocycles. The fraction of sp³-hybridized carbons (Fsp3) is 0.0833. The zero-order chi connectivity index (χ0) is 36.1. The summed E-state index contributed by atoms with van der Waals surface area (Å²) in [6.07, 6.45) is 4.24. The van der Waals surface area contributed by atoms with Crippen molar-refractivity contribution in [2.75, 3.05) is 4.90 Å². The molecule has 0 spiro atoms. The Morgan fingerprint density at radius 2 is 1.28 bits per heavy atom. The molecule has 5 heterocycles. The van der Waals surface area contributed by atoms with Crippen LogP contribution in [0.2, 0.25) is 0 Å². The van der Waals surface area contributed by atoms with Crippen LogP contribution in [0.15, 0.2) is 164 Å². The summed E-state index contributed by atoms with van der Waals surface area (Å²) in [6, 6.07) is 50.0. The number of hydrogen-bond acceptors (Lipinski definition) is 3. The van der Waals surface area contributed by atoms with Crippen molar-refractivity contribution in [1.82, 2.24) is 18.9 Å². The minimum atomic E-state index is -1.36. The Bertz CT molecular complexity index is 3110. The predicted molar refractivity (Wildman–Crippen MR) is 219 cm³/mol. The molecule has 1 aliphatic heterocycles. The second-order valence-electron chi connectivity index (χ2n) is 14.8. The molecule has 0 bridgehead atoms. The highest BCUT2D eigenvalue weighted by atomic mass is 19.1. The van der Waals surface area contributed by atoms with E-state index in [2.05, 4.69) is 113 Å². The summed E-state index contributed by atoms with van der Waals surface area (Å²) in [4.78, 5) is 11.8. The number of aromatic nitrogens is 4. The molecular formula is C48H34FN5. The molecule has 1 unspecified atom stereocenters. The third-order valence-corrected chi connectivity index (χ3v) is 11.5. The first-order chi connectivity index (χ1) is 26.5. The first-order valence-electron chi connectivity index (χ1n) is 18.4. The minimum absolute atomic E-state index is 0.447. The van der Waals surface area contributed by atoms with Crippen molar-refractivity contribution >= 4 is 66.3 Å². The number of alkyl halides is 1. The average molecular weight is 700 g/mol. The molecule has 10 aromatic rings. The van der Waals surface area contributed by atoms with Crippen molar-refractivity contribution in [2.45, 2.75) is 25.4 Å². The summed E-state index contributed by atoms with van der Waals surface area (Å²) in [5.41, 5.74) is 10.3. The summed E-state index contributed by atoms with van der Waals surface area (Å²) in [5, 5.41) is 5.50. The van der Waals surface area contributed by atoms with Crippen molar-refractivity contribution in [2.24, 2.45) is 0 Å². The Balaban J connectivity index is 1.13. The fourth-order valence-corrected chi connectivity index (χ4v) is 9.05. The molecular weight excluding hydrogens is 666 g/mol. The maximum absolute atomic E-state index is 17.1. The number of fused-ring (bicyclic) bond motifs is 12. The molecule has 1 atom stereocenters. The van der Waals surface area contributed by atoms with Crippen LogP contribution in [0.3, 0.4) is 0 Å². The molecule has 0 N–H and O–H groups in total. The van der Waals surface area contributed by atoms with Crippen LogP contribution in [-0.2, 0) is 5.41 Å². The van der Waals surface area contributed by atoms with Gasteiger partial charge in [0.15, 0.2) is 6.17 Å². The molecule has 6 heteroatoms. The van der Waals surface area contributed by atoms with Crippen molar-refractivity contribution in [3.8, 4) is 5.69 Å². The van der Waals surface area contributed by atoms with E-state index in [1.807, 2.05) is 79.3 Å². The molecule has 0 fully saturated rings. The van der Waals surface area contributed by atoms with E-state index in [0.717, 1.165) is 66.8 Å². The van der Waals surface area contributed by atoms with Crippen LogP contribution >= 0.6 is 0 Å². The topological polar surface area (TPSA) is 38.4 Å². The van der Waals surface area contributed by atoms with Gasteiger partial charge in [0.1, 0.15) is 11.5 Å². The largest absolute Gasteiger partial charge is 0.309 e. The van der Waals surface area contributed by atoms with Gasteiger partial charge in [0.2, 0.25) is 0 Å². The van der Waals surface area contributed by atoms with Gasteiger partial charge in [0, 0.05) is 56.8 Å². The smallest absolute Gasteiger partial charge is 0.150 e. The lowest BCUT2D eigenvalue weighted by Gasteiger charge is -2.42. The first kappa shape index (κ1) is 30.8. The highest BCUT2D eigenvalue weighted by Gasteiger charge is 2.40.